The van der Waals surface area contributed by atoms with E-state index in [4.69, 9.17) is 5.73 Å². The topological polar surface area (TPSA) is 43.8 Å². The Morgan fingerprint density at radius 1 is 1.38 bits per heavy atom. The molecule has 0 spiro atoms. The van der Waals surface area contributed by atoms with Gasteiger partial charge in [-0.15, -0.1) is 0 Å². The van der Waals surface area contributed by atoms with E-state index in [9.17, 15) is 0 Å². The van der Waals surface area contributed by atoms with Crippen LogP contribution in [-0.4, -0.2) is 15.3 Å². The minimum Gasteiger partial charge on any atom is -0.325 e. The van der Waals surface area contributed by atoms with E-state index in [1.807, 2.05) is 11.7 Å². The summed E-state index contributed by atoms with van der Waals surface area (Å²) in [6.45, 7) is 6.84. The summed E-state index contributed by atoms with van der Waals surface area (Å²) >= 11 is 3.73. The van der Waals surface area contributed by atoms with Gasteiger partial charge in [0.2, 0.25) is 0 Å². The second-order valence-electron chi connectivity index (χ2n) is 7.16. The van der Waals surface area contributed by atoms with Crippen molar-refractivity contribution in [2.45, 2.75) is 71.3 Å². The molecule has 0 saturated heterocycles. The Labute approximate surface area is 137 Å². The molecule has 1 aliphatic rings. The lowest BCUT2D eigenvalue weighted by molar-refractivity contribution is 0.319. The third-order valence-electron chi connectivity index (χ3n) is 5.23. The van der Waals surface area contributed by atoms with E-state index in [0.717, 1.165) is 43.2 Å². The number of nitrogens with zero attached hydrogens (tertiary/aromatic N) is 2. The number of rotatable bonds is 4. The van der Waals surface area contributed by atoms with Gasteiger partial charge >= 0.3 is 0 Å². The van der Waals surface area contributed by atoms with Crippen molar-refractivity contribution in [3.63, 3.8) is 0 Å². The minimum absolute atomic E-state index is 0.0645. The van der Waals surface area contributed by atoms with Gasteiger partial charge in [-0.05, 0) is 53.4 Å². The average Bonchev–Trinajstić information content (AvgIpc) is 2.61. The Hall–Kier alpha value is -0.350. The van der Waals surface area contributed by atoms with E-state index in [2.05, 4.69) is 41.8 Å². The maximum Gasteiger partial charge on any atom is 0.0766 e. The van der Waals surface area contributed by atoms with Crippen LogP contribution in [0.4, 0.5) is 0 Å². The van der Waals surface area contributed by atoms with Crippen molar-refractivity contribution in [2.24, 2.45) is 24.6 Å². The van der Waals surface area contributed by atoms with Gasteiger partial charge in [0.1, 0.15) is 0 Å². The second kappa shape index (κ2) is 6.82. The van der Waals surface area contributed by atoms with E-state index in [0.29, 0.717) is 0 Å². The molecule has 1 aromatic heterocycles. The third-order valence-corrected chi connectivity index (χ3v) is 6.14. The Balaban J connectivity index is 2.13. The van der Waals surface area contributed by atoms with Crippen molar-refractivity contribution in [1.29, 1.82) is 0 Å². The van der Waals surface area contributed by atoms with Crippen molar-refractivity contribution in [2.75, 3.05) is 0 Å². The van der Waals surface area contributed by atoms with Crippen LogP contribution in [0.2, 0.25) is 0 Å². The number of halogens is 1. The van der Waals surface area contributed by atoms with E-state index in [1.165, 1.54) is 29.4 Å². The molecule has 1 aromatic rings. The van der Waals surface area contributed by atoms with E-state index in [1.54, 1.807) is 0 Å². The first-order valence-corrected chi connectivity index (χ1v) is 9.14. The molecule has 3 nitrogen and oxygen atoms in total. The van der Waals surface area contributed by atoms with Crippen molar-refractivity contribution in [3.05, 3.63) is 15.9 Å². The van der Waals surface area contributed by atoms with Gasteiger partial charge in [-0.25, -0.2) is 0 Å². The van der Waals surface area contributed by atoms with Crippen molar-refractivity contribution >= 4 is 15.9 Å². The first kappa shape index (κ1) is 17.0. The molecule has 1 aliphatic carbocycles. The molecule has 1 fully saturated rings. The molecule has 1 saturated carbocycles. The van der Waals surface area contributed by atoms with Crippen LogP contribution in [0.5, 0.6) is 0 Å². The standard InChI is InChI=1S/C17H30BrN3/c1-5-14-16(18)15(21(4)20-14)11-17(19)9-6-7-13(8-10-17)12(2)3/h12-13H,5-11,19H2,1-4H3. The molecule has 0 aromatic carbocycles. The number of aromatic nitrogens is 2. The van der Waals surface area contributed by atoms with Crippen LogP contribution < -0.4 is 5.73 Å². The quantitative estimate of drug-likeness (QED) is 0.821. The summed E-state index contributed by atoms with van der Waals surface area (Å²) in [5.41, 5.74) is 9.12. The Bertz CT molecular complexity index is 481. The largest absolute Gasteiger partial charge is 0.325 e. The number of aryl methyl sites for hydroxylation is 2. The van der Waals surface area contributed by atoms with Gasteiger partial charge in [-0.3, -0.25) is 4.68 Å². The molecular formula is C17H30BrN3. The molecule has 120 valence electrons. The predicted octanol–water partition coefficient (Wildman–Crippen LogP) is 4.22. The van der Waals surface area contributed by atoms with Gasteiger partial charge in [0.05, 0.1) is 15.9 Å². The molecule has 4 heteroatoms. The summed E-state index contributed by atoms with van der Waals surface area (Å²) in [4.78, 5) is 0. The summed E-state index contributed by atoms with van der Waals surface area (Å²) in [5.74, 6) is 1.62. The predicted molar refractivity (Wildman–Crippen MR) is 92.3 cm³/mol. The SMILES string of the molecule is CCc1nn(C)c(CC2(N)CCCC(C(C)C)CC2)c1Br. The lowest BCUT2D eigenvalue weighted by Gasteiger charge is -2.28. The van der Waals surface area contributed by atoms with E-state index < -0.39 is 0 Å². The molecule has 2 N–H and O–H groups in total. The van der Waals surface area contributed by atoms with Gasteiger partial charge in [-0.1, -0.05) is 33.6 Å². The van der Waals surface area contributed by atoms with Crippen LogP contribution in [-0.2, 0) is 19.9 Å². The van der Waals surface area contributed by atoms with Gasteiger partial charge in [0, 0.05) is 19.0 Å². The fraction of sp³-hybridized carbons (Fsp3) is 0.824. The summed E-state index contributed by atoms with van der Waals surface area (Å²) in [6, 6.07) is 0. The Morgan fingerprint density at radius 3 is 2.67 bits per heavy atom. The fourth-order valence-corrected chi connectivity index (χ4v) is 4.40. The highest BCUT2D eigenvalue weighted by Gasteiger charge is 2.32. The third kappa shape index (κ3) is 3.89. The lowest BCUT2D eigenvalue weighted by Crippen LogP contribution is -2.42. The fourth-order valence-electron chi connectivity index (χ4n) is 3.65. The van der Waals surface area contributed by atoms with Crippen LogP contribution in [0.25, 0.3) is 0 Å². The average molecular weight is 356 g/mol. The molecular weight excluding hydrogens is 326 g/mol. The van der Waals surface area contributed by atoms with E-state index in [-0.39, 0.29) is 5.54 Å². The molecule has 0 amide bonds. The molecule has 0 aliphatic heterocycles. The summed E-state index contributed by atoms with van der Waals surface area (Å²) in [7, 11) is 2.04. The van der Waals surface area contributed by atoms with Crippen molar-refractivity contribution < 1.29 is 0 Å². The van der Waals surface area contributed by atoms with Crippen LogP contribution in [0.1, 0.15) is 64.3 Å². The summed E-state index contributed by atoms with van der Waals surface area (Å²) in [6.07, 6.45) is 8.02. The van der Waals surface area contributed by atoms with Crippen LogP contribution in [0, 0.1) is 11.8 Å². The van der Waals surface area contributed by atoms with Crippen LogP contribution in [0.3, 0.4) is 0 Å². The minimum atomic E-state index is -0.0645. The van der Waals surface area contributed by atoms with Crippen LogP contribution >= 0.6 is 15.9 Å². The highest BCUT2D eigenvalue weighted by Crippen LogP contribution is 2.36. The van der Waals surface area contributed by atoms with Crippen LogP contribution in [0.15, 0.2) is 4.47 Å². The van der Waals surface area contributed by atoms with Gasteiger partial charge in [0.15, 0.2) is 0 Å². The molecule has 2 rings (SSSR count). The monoisotopic (exact) mass is 355 g/mol. The zero-order chi connectivity index (χ0) is 15.6. The van der Waals surface area contributed by atoms with Crippen molar-refractivity contribution in [1.82, 2.24) is 9.78 Å². The lowest BCUT2D eigenvalue weighted by atomic mass is 9.84. The first-order valence-electron chi connectivity index (χ1n) is 8.35. The molecule has 0 bridgehead atoms. The number of hydrogen-bond acceptors (Lipinski definition) is 2. The smallest absolute Gasteiger partial charge is 0.0766 e. The molecule has 0 radical (unpaired) electrons. The molecule has 21 heavy (non-hydrogen) atoms. The van der Waals surface area contributed by atoms with Gasteiger partial charge in [0.25, 0.3) is 0 Å². The Morgan fingerprint density at radius 2 is 2.10 bits per heavy atom. The number of hydrogen-bond donors (Lipinski definition) is 1. The molecule has 1 heterocycles. The van der Waals surface area contributed by atoms with Gasteiger partial charge in [-0.2, -0.15) is 5.10 Å². The second-order valence-corrected chi connectivity index (χ2v) is 7.95. The van der Waals surface area contributed by atoms with Gasteiger partial charge < -0.3 is 5.73 Å². The zero-order valence-corrected chi connectivity index (χ0v) is 15.5. The molecule has 2 unspecified atom stereocenters. The number of nitrogens with two attached hydrogens (primary N) is 1. The highest BCUT2D eigenvalue weighted by atomic mass is 79.9. The maximum absolute atomic E-state index is 6.78. The summed E-state index contributed by atoms with van der Waals surface area (Å²) in [5, 5.41) is 4.61. The first-order chi connectivity index (χ1) is 9.86. The normalized spacial score (nSPS) is 27.1. The maximum atomic E-state index is 6.78. The Kier molecular flexibility index (Phi) is 5.53. The van der Waals surface area contributed by atoms with Crippen molar-refractivity contribution in [3.8, 4) is 0 Å². The summed E-state index contributed by atoms with van der Waals surface area (Å²) < 4.78 is 3.18. The molecule has 2 atom stereocenters. The van der Waals surface area contributed by atoms with E-state index >= 15 is 0 Å². The zero-order valence-electron chi connectivity index (χ0n) is 14.0. The highest BCUT2D eigenvalue weighted by molar-refractivity contribution is 9.10.